The van der Waals surface area contributed by atoms with Crippen molar-refractivity contribution in [2.45, 2.75) is 159 Å². The van der Waals surface area contributed by atoms with E-state index in [2.05, 4.69) is 13.8 Å². The van der Waals surface area contributed by atoms with Crippen LogP contribution in [0.15, 0.2) is 0 Å². The van der Waals surface area contributed by atoms with Crippen molar-refractivity contribution in [3.63, 3.8) is 0 Å². The minimum Gasteiger partial charge on any atom is -0.396 e. The van der Waals surface area contributed by atoms with Crippen LogP contribution in [-0.4, -0.2) is 108 Å². The molecule has 7 fully saturated rings. The summed E-state index contributed by atoms with van der Waals surface area (Å²) >= 11 is 0. The number of aliphatic hydroxyl groups is 3. The number of aliphatic hydroxyl groups excluding tert-OH is 1. The van der Waals surface area contributed by atoms with Gasteiger partial charge in [0.05, 0.1) is 53.7 Å². The van der Waals surface area contributed by atoms with Crippen molar-refractivity contribution in [1.82, 2.24) is 0 Å². The molecule has 15 atom stereocenters. The second-order valence-electron chi connectivity index (χ2n) is 16.9. The number of rotatable bonds is 6. The number of hydrogen-bond donors (Lipinski definition) is 3. The van der Waals surface area contributed by atoms with E-state index in [-0.39, 0.29) is 74.2 Å². The van der Waals surface area contributed by atoms with Gasteiger partial charge in [-0.05, 0) is 78.6 Å². The molecule has 3 heterocycles. The van der Waals surface area contributed by atoms with E-state index in [1.807, 2.05) is 34.6 Å². The fraction of sp³-hybridized carbons (Fsp3) is 1.00. The maximum absolute atomic E-state index is 13.0. The van der Waals surface area contributed by atoms with Gasteiger partial charge in [0.2, 0.25) is 0 Å². The van der Waals surface area contributed by atoms with Crippen molar-refractivity contribution in [1.29, 1.82) is 0 Å². The number of methoxy groups -OCH3 is 1. The quantitative estimate of drug-likeness (QED) is 0.287. The zero-order valence-electron chi connectivity index (χ0n) is 29.0. The van der Waals surface area contributed by atoms with Crippen molar-refractivity contribution in [2.24, 2.45) is 34.5 Å². The Hall–Kier alpha value is -0.440. The van der Waals surface area contributed by atoms with Crippen LogP contribution in [0.2, 0.25) is 0 Å². The van der Waals surface area contributed by atoms with Gasteiger partial charge in [-0.1, -0.05) is 13.8 Å². The van der Waals surface area contributed by atoms with Gasteiger partial charge in [-0.2, -0.15) is 0 Å². The average molecular weight is 655 g/mol. The molecule has 0 aromatic rings. The van der Waals surface area contributed by atoms with E-state index in [0.29, 0.717) is 38.5 Å². The molecule has 0 aromatic heterocycles. The third-order valence-corrected chi connectivity index (χ3v) is 13.9. The monoisotopic (exact) mass is 654 g/mol. The van der Waals surface area contributed by atoms with E-state index in [4.69, 9.17) is 37.9 Å². The Bertz CT molecular complexity index is 1150. The first-order valence-corrected chi connectivity index (χ1v) is 17.7. The van der Waals surface area contributed by atoms with Gasteiger partial charge in [0.1, 0.15) is 12.9 Å². The van der Waals surface area contributed by atoms with Crippen molar-refractivity contribution in [2.75, 3.05) is 27.1 Å². The lowest BCUT2D eigenvalue weighted by atomic mass is 9.40. The molecule has 0 bridgehead atoms. The second-order valence-corrected chi connectivity index (χ2v) is 16.9. The Morgan fingerprint density at radius 1 is 0.891 bits per heavy atom. The van der Waals surface area contributed by atoms with Crippen LogP contribution in [-0.2, 0) is 37.9 Å². The molecule has 7 aliphatic rings. The maximum Gasteiger partial charge on any atom is 0.187 e. The van der Waals surface area contributed by atoms with Crippen LogP contribution in [0.1, 0.15) is 93.4 Å². The molecule has 0 amide bonds. The number of ether oxygens (including phenoxy) is 8. The van der Waals surface area contributed by atoms with Gasteiger partial charge in [0.15, 0.2) is 17.9 Å². The normalized spacial score (nSPS) is 55.5. The van der Waals surface area contributed by atoms with E-state index in [1.54, 1.807) is 7.11 Å². The van der Waals surface area contributed by atoms with Gasteiger partial charge in [-0.3, -0.25) is 0 Å². The summed E-state index contributed by atoms with van der Waals surface area (Å²) in [5, 5.41) is 36.1. The summed E-state index contributed by atoms with van der Waals surface area (Å²) in [5.41, 5.74) is -3.61. The van der Waals surface area contributed by atoms with E-state index in [0.717, 1.165) is 6.42 Å². The third kappa shape index (κ3) is 4.85. The SMILES string of the molecule is COCOC1C[C@]2(C)[C@@H](CO)CC[C@]2(O)C2CC[C@]3(O)C[C@@H](O[C@@H]4O[C@@H](C)[C@H](C)[C@H]5OC(C)(C)O[C@@H]45)C[C@H]4OC(C)(C)OC[C@]43C12. The van der Waals surface area contributed by atoms with Gasteiger partial charge in [-0.25, -0.2) is 0 Å². The van der Waals surface area contributed by atoms with Crippen LogP contribution in [0.25, 0.3) is 0 Å². The van der Waals surface area contributed by atoms with Gasteiger partial charge >= 0.3 is 0 Å². The van der Waals surface area contributed by atoms with Crippen molar-refractivity contribution in [3.8, 4) is 0 Å². The molecular weight excluding hydrogens is 596 g/mol. The molecule has 1 spiro atoms. The summed E-state index contributed by atoms with van der Waals surface area (Å²) in [5.74, 6) is -1.94. The van der Waals surface area contributed by atoms with Gasteiger partial charge < -0.3 is 53.2 Å². The molecule has 4 saturated carbocycles. The molecule has 11 heteroatoms. The first-order chi connectivity index (χ1) is 21.5. The number of hydrogen-bond acceptors (Lipinski definition) is 11. The first kappa shape index (κ1) is 34.0. The summed E-state index contributed by atoms with van der Waals surface area (Å²) in [6.07, 6.45) is 1.48. The van der Waals surface area contributed by atoms with Crippen LogP contribution in [0.4, 0.5) is 0 Å². The maximum atomic E-state index is 13.0. The van der Waals surface area contributed by atoms with E-state index < -0.39 is 46.0 Å². The molecule has 4 aliphatic carbocycles. The molecule has 264 valence electrons. The molecular formula is C35H58O11. The Kier molecular flexibility index (Phi) is 8.35. The predicted molar refractivity (Wildman–Crippen MR) is 164 cm³/mol. The lowest BCUT2D eigenvalue weighted by molar-refractivity contribution is -0.410. The van der Waals surface area contributed by atoms with Crippen LogP contribution >= 0.6 is 0 Å². The highest BCUT2D eigenvalue weighted by atomic mass is 16.8. The van der Waals surface area contributed by atoms with Crippen molar-refractivity contribution < 1.29 is 53.2 Å². The van der Waals surface area contributed by atoms with Crippen molar-refractivity contribution >= 4 is 0 Å². The Morgan fingerprint density at radius 3 is 2.35 bits per heavy atom. The molecule has 46 heavy (non-hydrogen) atoms. The summed E-state index contributed by atoms with van der Waals surface area (Å²) in [7, 11) is 1.61. The van der Waals surface area contributed by atoms with Crippen LogP contribution in [0.3, 0.4) is 0 Å². The zero-order valence-corrected chi connectivity index (χ0v) is 29.0. The first-order valence-electron chi connectivity index (χ1n) is 17.7. The van der Waals surface area contributed by atoms with E-state index >= 15 is 0 Å². The minimum atomic E-state index is -1.22. The Morgan fingerprint density at radius 2 is 1.63 bits per heavy atom. The zero-order chi connectivity index (χ0) is 33.1. The molecule has 3 unspecified atom stereocenters. The second kappa shape index (κ2) is 11.3. The molecule has 3 aliphatic heterocycles. The molecule has 0 aromatic carbocycles. The largest absolute Gasteiger partial charge is 0.396 e. The van der Waals surface area contributed by atoms with Gasteiger partial charge in [-0.15, -0.1) is 0 Å². The van der Waals surface area contributed by atoms with Gasteiger partial charge in [0, 0.05) is 43.8 Å². The van der Waals surface area contributed by atoms with Crippen LogP contribution in [0, 0.1) is 34.5 Å². The predicted octanol–water partition coefficient (Wildman–Crippen LogP) is 3.49. The van der Waals surface area contributed by atoms with E-state index in [9.17, 15) is 15.3 Å². The standard InChI is InChI=1S/C35H58O11/c1-19-20(2)42-29(28-27(19)45-31(5,6)46-28)43-22-13-25-34(17-41-30(3,4)44-25)26-23(10-11-33(34,37)14-22)35(38)12-9-21(16-36)32(35,7)15-24(26)40-18-39-8/h19-29,36-38H,9-18H2,1-8H3/t19-,20-,21+,22-,23?,24?,25+,26?,27+,28+,29-,32+,33-,34+,35-/m0/s1. The highest BCUT2D eigenvalue weighted by molar-refractivity contribution is 5.25. The highest BCUT2D eigenvalue weighted by Crippen LogP contribution is 2.71. The Balaban J connectivity index is 1.24. The van der Waals surface area contributed by atoms with Gasteiger partial charge in [0.25, 0.3) is 0 Å². The third-order valence-electron chi connectivity index (χ3n) is 13.9. The fourth-order valence-corrected chi connectivity index (χ4v) is 11.4. The lowest BCUT2D eigenvalue weighted by Crippen LogP contribution is -2.78. The minimum absolute atomic E-state index is 0.0265. The lowest BCUT2D eigenvalue weighted by Gasteiger charge is -2.71. The molecule has 0 radical (unpaired) electrons. The van der Waals surface area contributed by atoms with Crippen LogP contribution < -0.4 is 0 Å². The highest BCUT2D eigenvalue weighted by Gasteiger charge is 2.77. The van der Waals surface area contributed by atoms with Crippen LogP contribution in [0.5, 0.6) is 0 Å². The molecule has 3 N–H and O–H groups in total. The molecule has 7 rings (SSSR count). The summed E-state index contributed by atoms with van der Waals surface area (Å²) < 4.78 is 51.1. The summed E-state index contributed by atoms with van der Waals surface area (Å²) in [6, 6.07) is 0. The summed E-state index contributed by atoms with van der Waals surface area (Å²) in [4.78, 5) is 0. The average Bonchev–Trinajstić information content (AvgIpc) is 3.45. The van der Waals surface area contributed by atoms with E-state index in [1.165, 1.54) is 0 Å². The summed E-state index contributed by atoms with van der Waals surface area (Å²) in [6.45, 7) is 14.4. The smallest absolute Gasteiger partial charge is 0.187 e. The number of fused-ring (bicyclic) bond motifs is 4. The van der Waals surface area contributed by atoms with Crippen molar-refractivity contribution in [3.05, 3.63) is 0 Å². The fourth-order valence-electron chi connectivity index (χ4n) is 11.4. The molecule has 11 nitrogen and oxygen atoms in total. The topological polar surface area (TPSA) is 135 Å². The molecule has 3 saturated heterocycles. The Labute approximate surface area is 273 Å².